The van der Waals surface area contributed by atoms with Crippen LogP contribution in [0.4, 0.5) is 4.39 Å². The van der Waals surface area contributed by atoms with Crippen LogP contribution in [0.5, 0.6) is 0 Å². The molecule has 1 aromatic heterocycles. The number of hydrogen-bond acceptors (Lipinski definition) is 1. The fourth-order valence-corrected chi connectivity index (χ4v) is 1.64. The average molecular weight is 207 g/mol. The largest absolute Gasteiger partial charge is 0.481 e. The van der Waals surface area contributed by atoms with E-state index in [0.717, 1.165) is 0 Å². The molecular formula is C11H10FNO2. The van der Waals surface area contributed by atoms with Crippen LogP contribution in [0.3, 0.4) is 0 Å². The molecule has 0 amide bonds. The SMILES string of the molecule is C[C@@H](C(=O)O)c1c[nH]c2cccc(F)c12. The van der Waals surface area contributed by atoms with Gasteiger partial charge < -0.3 is 10.1 Å². The summed E-state index contributed by atoms with van der Waals surface area (Å²) in [6, 6.07) is 4.63. The fraction of sp³-hybridized carbons (Fsp3) is 0.182. The number of fused-ring (bicyclic) bond motifs is 1. The molecular weight excluding hydrogens is 197 g/mol. The van der Waals surface area contributed by atoms with Crippen molar-refractivity contribution in [3.05, 3.63) is 35.8 Å². The first-order valence-corrected chi connectivity index (χ1v) is 4.59. The second kappa shape index (κ2) is 3.38. The van der Waals surface area contributed by atoms with Gasteiger partial charge >= 0.3 is 5.97 Å². The van der Waals surface area contributed by atoms with E-state index in [9.17, 15) is 9.18 Å². The zero-order valence-electron chi connectivity index (χ0n) is 8.12. The Kier molecular flexibility index (Phi) is 2.19. The van der Waals surface area contributed by atoms with E-state index in [1.807, 2.05) is 0 Å². The van der Waals surface area contributed by atoms with Gasteiger partial charge in [0.05, 0.1) is 5.92 Å². The van der Waals surface area contributed by atoms with E-state index in [4.69, 9.17) is 5.11 Å². The molecule has 0 saturated heterocycles. The van der Waals surface area contributed by atoms with Crippen molar-refractivity contribution in [3.8, 4) is 0 Å². The molecule has 0 aliphatic carbocycles. The van der Waals surface area contributed by atoms with Crippen LogP contribution in [0.25, 0.3) is 10.9 Å². The van der Waals surface area contributed by atoms with Crippen LogP contribution in [0.2, 0.25) is 0 Å². The Bertz CT molecular complexity index is 518. The van der Waals surface area contributed by atoms with Gasteiger partial charge in [-0.2, -0.15) is 0 Å². The highest BCUT2D eigenvalue weighted by Gasteiger charge is 2.19. The molecule has 0 fully saturated rings. The molecule has 1 atom stereocenters. The van der Waals surface area contributed by atoms with E-state index in [2.05, 4.69) is 4.98 Å². The second-order valence-corrected chi connectivity index (χ2v) is 3.47. The van der Waals surface area contributed by atoms with Crippen molar-refractivity contribution in [3.63, 3.8) is 0 Å². The summed E-state index contributed by atoms with van der Waals surface area (Å²) in [6.45, 7) is 1.54. The third-order valence-electron chi connectivity index (χ3n) is 2.52. The first kappa shape index (κ1) is 9.71. The number of aliphatic carboxylic acids is 1. The van der Waals surface area contributed by atoms with E-state index in [-0.39, 0.29) is 0 Å². The summed E-state index contributed by atoms with van der Waals surface area (Å²) in [5.41, 5.74) is 1.11. The highest BCUT2D eigenvalue weighted by Crippen LogP contribution is 2.27. The smallest absolute Gasteiger partial charge is 0.310 e. The number of aromatic amines is 1. The van der Waals surface area contributed by atoms with Gasteiger partial charge in [-0.05, 0) is 24.6 Å². The van der Waals surface area contributed by atoms with Crippen LogP contribution in [0, 0.1) is 5.82 Å². The number of rotatable bonds is 2. The number of benzene rings is 1. The summed E-state index contributed by atoms with van der Waals surface area (Å²) in [4.78, 5) is 13.7. The number of H-pyrrole nitrogens is 1. The van der Waals surface area contributed by atoms with Crippen molar-refractivity contribution in [1.29, 1.82) is 0 Å². The minimum absolute atomic E-state index is 0.368. The van der Waals surface area contributed by atoms with Crippen molar-refractivity contribution < 1.29 is 14.3 Å². The molecule has 0 bridgehead atoms. The van der Waals surface area contributed by atoms with Crippen LogP contribution >= 0.6 is 0 Å². The Morgan fingerprint density at radius 3 is 2.93 bits per heavy atom. The lowest BCUT2D eigenvalue weighted by molar-refractivity contribution is -0.138. The Hall–Kier alpha value is -1.84. The normalized spacial score (nSPS) is 12.9. The van der Waals surface area contributed by atoms with Gasteiger partial charge in [0.1, 0.15) is 5.82 Å². The number of hydrogen-bond donors (Lipinski definition) is 2. The standard InChI is InChI=1S/C11H10FNO2/c1-6(11(14)15)7-5-13-9-4-2-3-8(12)10(7)9/h2-6,13H,1H3,(H,14,15)/t6-/m1/s1. The van der Waals surface area contributed by atoms with Gasteiger partial charge in [0.25, 0.3) is 0 Å². The minimum atomic E-state index is -0.959. The van der Waals surface area contributed by atoms with Crippen LogP contribution in [-0.2, 0) is 4.79 Å². The van der Waals surface area contributed by atoms with Crippen molar-refractivity contribution >= 4 is 16.9 Å². The highest BCUT2D eigenvalue weighted by molar-refractivity contribution is 5.89. The molecule has 1 heterocycles. The molecule has 0 spiro atoms. The Morgan fingerprint density at radius 1 is 1.53 bits per heavy atom. The van der Waals surface area contributed by atoms with Gasteiger partial charge in [-0.1, -0.05) is 6.07 Å². The van der Waals surface area contributed by atoms with Gasteiger partial charge in [-0.3, -0.25) is 4.79 Å². The lowest BCUT2D eigenvalue weighted by Gasteiger charge is -2.04. The predicted octanol–water partition coefficient (Wildman–Crippen LogP) is 2.50. The molecule has 2 aromatic rings. The maximum absolute atomic E-state index is 13.5. The van der Waals surface area contributed by atoms with Crippen LogP contribution in [0.15, 0.2) is 24.4 Å². The van der Waals surface area contributed by atoms with Gasteiger partial charge in [0.2, 0.25) is 0 Å². The quantitative estimate of drug-likeness (QED) is 0.794. The van der Waals surface area contributed by atoms with Gasteiger partial charge in [-0.25, -0.2) is 4.39 Å². The first-order valence-electron chi connectivity index (χ1n) is 4.59. The Balaban J connectivity index is 2.67. The number of carboxylic acids is 1. The topological polar surface area (TPSA) is 53.1 Å². The number of aromatic nitrogens is 1. The zero-order chi connectivity index (χ0) is 11.0. The maximum Gasteiger partial charge on any atom is 0.310 e. The summed E-state index contributed by atoms with van der Waals surface area (Å²) in [5.74, 6) is -2.06. The van der Waals surface area contributed by atoms with Crippen molar-refractivity contribution in [2.45, 2.75) is 12.8 Å². The Labute approximate surface area is 85.5 Å². The minimum Gasteiger partial charge on any atom is -0.481 e. The summed E-state index contributed by atoms with van der Waals surface area (Å²) >= 11 is 0. The lowest BCUT2D eigenvalue weighted by Crippen LogP contribution is -2.06. The van der Waals surface area contributed by atoms with Crippen LogP contribution < -0.4 is 0 Å². The molecule has 15 heavy (non-hydrogen) atoms. The van der Waals surface area contributed by atoms with Crippen LogP contribution in [0.1, 0.15) is 18.4 Å². The molecule has 2 rings (SSSR count). The molecule has 2 N–H and O–H groups in total. The molecule has 1 aromatic carbocycles. The molecule has 0 aliphatic rings. The predicted molar refractivity (Wildman–Crippen MR) is 54.3 cm³/mol. The van der Waals surface area contributed by atoms with E-state index in [1.54, 1.807) is 18.3 Å². The van der Waals surface area contributed by atoms with E-state index < -0.39 is 17.7 Å². The molecule has 0 aliphatic heterocycles. The number of carbonyl (C=O) groups is 1. The van der Waals surface area contributed by atoms with Gasteiger partial charge in [0, 0.05) is 17.1 Å². The number of nitrogens with one attached hydrogen (secondary N) is 1. The molecule has 0 radical (unpaired) electrons. The molecule has 78 valence electrons. The number of carboxylic acid groups (broad SMARTS) is 1. The van der Waals surface area contributed by atoms with Gasteiger partial charge in [0.15, 0.2) is 0 Å². The van der Waals surface area contributed by atoms with Crippen LogP contribution in [-0.4, -0.2) is 16.1 Å². The van der Waals surface area contributed by atoms with Crippen molar-refractivity contribution in [1.82, 2.24) is 4.98 Å². The third kappa shape index (κ3) is 1.48. The Morgan fingerprint density at radius 2 is 2.27 bits per heavy atom. The zero-order valence-corrected chi connectivity index (χ0v) is 8.12. The van der Waals surface area contributed by atoms with E-state index >= 15 is 0 Å². The van der Waals surface area contributed by atoms with Gasteiger partial charge in [-0.15, -0.1) is 0 Å². The molecule has 0 saturated carbocycles. The van der Waals surface area contributed by atoms with Crippen molar-refractivity contribution in [2.24, 2.45) is 0 Å². The number of halogens is 1. The monoisotopic (exact) mass is 207 g/mol. The molecule has 0 unspecified atom stereocenters. The molecule has 4 heteroatoms. The summed E-state index contributed by atoms with van der Waals surface area (Å²) in [5, 5.41) is 9.24. The fourth-order valence-electron chi connectivity index (χ4n) is 1.64. The van der Waals surface area contributed by atoms with E-state index in [1.165, 1.54) is 13.0 Å². The van der Waals surface area contributed by atoms with Crippen molar-refractivity contribution in [2.75, 3.05) is 0 Å². The second-order valence-electron chi connectivity index (χ2n) is 3.47. The molecule has 3 nitrogen and oxygen atoms in total. The summed E-state index contributed by atoms with van der Waals surface area (Å²) in [7, 11) is 0. The maximum atomic E-state index is 13.5. The highest BCUT2D eigenvalue weighted by atomic mass is 19.1. The third-order valence-corrected chi connectivity index (χ3v) is 2.52. The summed E-state index contributed by atoms with van der Waals surface area (Å²) < 4.78 is 13.5. The first-order chi connectivity index (χ1) is 7.11. The average Bonchev–Trinajstić information content (AvgIpc) is 2.61. The summed E-state index contributed by atoms with van der Waals surface area (Å²) in [6.07, 6.45) is 1.55. The lowest BCUT2D eigenvalue weighted by atomic mass is 10.0. The van der Waals surface area contributed by atoms with E-state index in [0.29, 0.717) is 16.5 Å².